The molecule has 2 atom stereocenters. The molecule has 0 aromatic rings. The molecule has 104 valence electrons. The molecule has 0 amide bonds. The fourth-order valence-corrected chi connectivity index (χ4v) is 1.89. The van der Waals surface area contributed by atoms with Gasteiger partial charge >= 0.3 is 0 Å². The van der Waals surface area contributed by atoms with Crippen LogP contribution in [0.4, 0.5) is 0 Å². The SMILES string of the molecule is CCN(CC)CC(O)CNCC(O)CC(C)C. The van der Waals surface area contributed by atoms with Gasteiger partial charge in [0.1, 0.15) is 0 Å². The van der Waals surface area contributed by atoms with Crippen molar-refractivity contribution < 1.29 is 10.2 Å². The molecule has 0 aromatic carbocycles. The van der Waals surface area contributed by atoms with Gasteiger partial charge in [0.2, 0.25) is 0 Å². The predicted molar refractivity (Wildman–Crippen MR) is 72.1 cm³/mol. The lowest BCUT2D eigenvalue weighted by Gasteiger charge is -2.22. The minimum Gasteiger partial charge on any atom is -0.392 e. The summed E-state index contributed by atoms with van der Waals surface area (Å²) in [4.78, 5) is 2.19. The van der Waals surface area contributed by atoms with E-state index in [1.807, 2.05) is 0 Å². The predicted octanol–water partition coefficient (Wildman–Crippen LogP) is 0.686. The van der Waals surface area contributed by atoms with Crippen LogP contribution in [-0.2, 0) is 0 Å². The van der Waals surface area contributed by atoms with Gasteiger partial charge in [-0.05, 0) is 25.4 Å². The van der Waals surface area contributed by atoms with Gasteiger partial charge in [-0.2, -0.15) is 0 Å². The van der Waals surface area contributed by atoms with E-state index in [4.69, 9.17) is 0 Å². The fourth-order valence-electron chi connectivity index (χ4n) is 1.89. The fraction of sp³-hybridized carbons (Fsp3) is 1.00. The van der Waals surface area contributed by atoms with Gasteiger partial charge in [0.05, 0.1) is 12.2 Å². The van der Waals surface area contributed by atoms with Crippen molar-refractivity contribution >= 4 is 0 Å². The summed E-state index contributed by atoms with van der Waals surface area (Å²) >= 11 is 0. The van der Waals surface area contributed by atoms with Crippen molar-refractivity contribution in [1.82, 2.24) is 10.2 Å². The Kier molecular flexibility index (Phi) is 9.74. The molecule has 0 saturated heterocycles. The quantitative estimate of drug-likeness (QED) is 0.531. The minimum atomic E-state index is -0.360. The molecule has 0 aliphatic carbocycles. The zero-order chi connectivity index (χ0) is 13.3. The molecular formula is C13H30N2O2. The van der Waals surface area contributed by atoms with Crippen LogP contribution < -0.4 is 5.32 Å². The van der Waals surface area contributed by atoms with E-state index in [9.17, 15) is 10.2 Å². The highest BCUT2D eigenvalue weighted by atomic mass is 16.3. The highest BCUT2D eigenvalue weighted by molar-refractivity contribution is 4.68. The van der Waals surface area contributed by atoms with E-state index in [0.717, 1.165) is 19.5 Å². The Morgan fingerprint density at radius 3 is 2.00 bits per heavy atom. The molecule has 0 bridgehead atoms. The molecule has 0 aliphatic rings. The standard InChI is InChI=1S/C13H30N2O2/c1-5-15(6-2)10-13(17)9-14-8-12(16)7-11(3)4/h11-14,16-17H,5-10H2,1-4H3. The van der Waals surface area contributed by atoms with Gasteiger partial charge in [-0.1, -0.05) is 27.7 Å². The van der Waals surface area contributed by atoms with Crippen molar-refractivity contribution in [3.05, 3.63) is 0 Å². The average molecular weight is 246 g/mol. The van der Waals surface area contributed by atoms with E-state index in [-0.39, 0.29) is 12.2 Å². The molecule has 4 heteroatoms. The second-order valence-electron chi connectivity index (χ2n) is 5.08. The Bertz CT molecular complexity index is 173. The van der Waals surface area contributed by atoms with E-state index in [2.05, 4.69) is 37.9 Å². The summed E-state index contributed by atoms with van der Waals surface area (Å²) in [5, 5.41) is 22.6. The molecule has 0 rings (SSSR count). The van der Waals surface area contributed by atoms with Gasteiger partial charge < -0.3 is 20.4 Å². The van der Waals surface area contributed by atoms with Gasteiger partial charge in [-0.25, -0.2) is 0 Å². The van der Waals surface area contributed by atoms with E-state index in [1.165, 1.54) is 0 Å². The number of hydrogen-bond donors (Lipinski definition) is 3. The van der Waals surface area contributed by atoms with Gasteiger partial charge in [0.15, 0.2) is 0 Å². The largest absolute Gasteiger partial charge is 0.392 e. The van der Waals surface area contributed by atoms with E-state index in [0.29, 0.717) is 25.6 Å². The summed E-state index contributed by atoms with van der Waals surface area (Å²) in [6.07, 6.45) is 0.135. The Morgan fingerprint density at radius 1 is 1.00 bits per heavy atom. The second kappa shape index (κ2) is 9.83. The number of nitrogens with zero attached hydrogens (tertiary/aromatic N) is 1. The molecule has 0 fully saturated rings. The highest BCUT2D eigenvalue weighted by Crippen LogP contribution is 2.03. The van der Waals surface area contributed by atoms with Crippen molar-refractivity contribution in [3.63, 3.8) is 0 Å². The lowest BCUT2D eigenvalue weighted by molar-refractivity contribution is 0.105. The highest BCUT2D eigenvalue weighted by Gasteiger charge is 2.10. The first kappa shape index (κ1) is 16.8. The molecule has 0 heterocycles. The lowest BCUT2D eigenvalue weighted by atomic mass is 10.1. The number of likely N-dealkylation sites (N-methyl/N-ethyl adjacent to an activating group) is 1. The Morgan fingerprint density at radius 2 is 1.53 bits per heavy atom. The number of aliphatic hydroxyl groups is 2. The maximum atomic E-state index is 9.79. The third kappa shape index (κ3) is 9.53. The van der Waals surface area contributed by atoms with Crippen LogP contribution in [0.1, 0.15) is 34.1 Å². The first-order valence-electron chi connectivity index (χ1n) is 6.78. The number of aliphatic hydroxyl groups excluding tert-OH is 2. The number of nitrogens with one attached hydrogen (secondary N) is 1. The van der Waals surface area contributed by atoms with Crippen LogP contribution in [0.5, 0.6) is 0 Å². The first-order chi connectivity index (χ1) is 7.99. The molecule has 0 aliphatic heterocycles. The van der Waals surface area contributed by atoms with Crippen LogP contribution in [0.15, 0.2) is 0 Å². The summed E-state index contributed by atoms with van der Waals surface area (Å²) < 4.78 is 0. The first-order valence-corrected chi connectivity index (χ1v) is 6.78. The van der Waals surface area contributed by atoms with E-state index < -0.39 is 0 Å². The monoisotopic (exact) mass is 246 g/mol. The van der Waals surface area contributed by atoms with Crippen LogP contribution in [-0.4, -0.2) is 60.0 Å². The maximum absolute atomic E-state index is 9.79. The molecular weight excluding hydrogens is 216 g/mol. The molecule has 17 heavy (non-hydrogen) atoms. The van der Waals surface area contributed by atoms with Crippen LogP contribution in [0, 0.1) is 5.92 Å². The Labute approximate surface area is 106 Å². The smallest absolute Gasteiger partial charge is 0.0791 e. The molecule has 2 unspecified atom stereocenters. The topological polar surface area (TPSA) is 55.7 Å². The van der Waals surface area contributed by atoms with Crippen LogP contribution in [0.2, 0.25) is 0 Å². The summed E-state index contributed by atoms with van der Waals surface area (Å²) in [5.41, 5.74) is 0. The number of hydrogen-bond acceptors (Lipinski definition) is 4. The molecule has 0 radical (unpaired) electrons. The third-order valence-corrected chi connectivity index (χ3v) is 2.87. The Hall–Kier alpha value is -0.160. The van der Waals surface area contributed by atoms with Crippen molar-refractivity contribution in [2.75, 3.05) is 32.7 Å². The van der Waals surface area contributed by atoms with Gasteiger partial charge in [-0.3, -0.25) is 0 Å². The number of rotatable bonds is 10. The molecule has 3 N–H and O–H groups in total. The molecule has 0 aromatic heterocycles. The van der Waals surface area contributed by atoms with Crippen molar-refractivity contribution in [3.8, 4) is 0 Å². The average Bonchev–Trinajstić information content (AvgIpc) is 2.24. The normalized spacial score (nSPS) is 15.5. The minimum absolute atomic E-state index is 0.310. The van der Waals surface area contributed by atoms with Gasteiger partial charge in [0.25, 0.3) is 0 Å². The summed E-state index contributed by atoms with van der Waals surface area (Å²) in [6, 6.07) is 0. The van der Waals surface area contributed by atoms with Crippen molar-refractivity contribution in [2.45, 2.75) is 46.3 Å². The Balaban J connectivity index is 3.59. The maximum Gasteiger partial charge on any atom is 0.0791 e. The molecule has 0 spiro atoms. The van der Waals surface area contributed by atoms with Crippen LogP contribution in [0.3, 0.4) is 0 Å². The van der Waals surface area contributed by atoms with Crippen molar-refractivity contribution in [1.29, 1.82) is 0 Å². The van der Waals surface area contributed by atoms with Gasteiger partial charge in [0, 0.05) is 19.6 Å². The van der Waals surface area contributed by atoms with E-state index in [1.54, 1.807) is 0 Å². The summed E-state index contributed by atoms with van der Waals surface area (Å²) in [7, 11) is 0. The zero-order valence-corrected chi connectivity index (χ0v) is 11.8. The molecule has 0 saturated carbocycles. The third-order valence-electron chi connectivity index (χ3n) is 2.87. The van der Waals surface area contributed by atoms with Crippen LogP contribution >= 0.6 is 0 Å². The lowest BCUT2D eigenvalue weighted by Crippen LogP contribution is -2.40. The summed E-state index contributed by atoms with van der Waals surface area (Å²) in [5.74, 6) is 0.507. The van der Waals surface area contributed by atoms with Crippen LogP contribution in [0.25, 0.3) is 0 Å². The second-order valence-corrected chi connectivity index (χ2v) is 5.08. The van der Waals surface area contributed by atoms with E-state index >= 15 is 0 Å². The van der Waals surface area contributed by atoms with Crippen molar-refractivity contribution in [2.24, 2.45) is 5.92 Å². The molecule has 4 nitrogen and oxygen atoms in total. The summed E-state index contributed by atoms with van der Waals surface area (Å²) in [6.45, 7) is 12.1. The van der Waals surface area contributed by atoms with Gasteiger partial charge in [-0.15, -0.1) is 0 Å². The zero-order valence-electron chi connectivity index (χ0n) is 11.8.